The van der Waals surface area contributed by atoms with E-state index in [1.165, 1.54) is 0 Å². The zero-order valence-electron chi connectivity index (χ0n) is 13.5. The SMILES string of the molecule is CC=CCC(=O)N1CCN(C)C2(CCC(=O)N(C)CC2)C1. The molecule has 0 radical (unpaired) electrons. The molecule has 2 fully saturated rings. The van der Waals surface area contributed by atoms with Gasteiger partial charge in [0.05, 0.1) is 0 Å². The molecular formula is C16H27N3O2. The highest BCUT2D eigenvalue weighted by Crippen LogP contribution is 2.32. The first kappa shape index (κ1) is 16.0. The minimum atomic E-state index is -0.0374. The van der Waals surface area contributed by atoms with Gasteiger partial charge in [-0.1, -0.05) is 12.2 Å². The zero-order valence-corrected chi connectivity index (χ0v) is 13.5. The van der Waals surface area contributed by atoms with E-state index < -0.39 is 0 Å². The van der Waals surface area contributed by atoms with E-state index in [0.717, 1.165) is 39.0 Å². The van der Waals surface area contributed by atoms with Crippen LogP contribution in [0.5, 0.6) is 0 Å². The predicted octanol–water partition coefficient (Wildman–Crippen LogP) is 1.11. The van der Waals surface area contributed by atoms with Crippen LogP contribution in [0.25, 0.3) is 0 Å². The van der Waals surface area contributed by atoms with Gasteiger partial charge in [0.25, 0.3) is 0 Å². The van der Waals surface area contributed by atoms with Crippen LogP contribution in [-0.2, 0) is 9.59 Å². The minimum absolute atomic E-state index is 0.0374. The van der Waals surface area contributed by atoms with Crippen molar-refractivity contribution in [2.45, 2.75) is 38.1 Å². The molecule has 0 N–H and O–H groups in total. The van der Waals surface area contributed by atoms with E-state index >= 15 is 0 Å². The summed E-state index contributed by atoms with van der Waals surface area (Å²) < 4.78 is 0. The quantitative estimate of drug-likeness (QED) is 0.716. The van der Waals surface area contributed by atoms with E-state index in [-0.39, 0.29) is 17.4 Å². The molecule has 0 aromatic heterocycles. The van der Waals surface area contributed by atoms with Crippen LogP contribution in [-0.4, -0.2) is 72.3 Å². The van der Waals surface area contributed by atoms with E-state index in [9.17, 15) is 9.59 Å². The molecule has 21 heavy (non-hydrogen) atoms. The monoisotopic (exact) mass is 293 g/mol. The van der Waals surface area contributed by atoms with Gasteiger partial charge in [-0.3, -0.25) is 14.5 Å². The maximum atomic E-state index is 12.3. The second kappa shape index (κ2) is 6.60. The Morgan fingerprint density at radius 2 is 2.00 bits per heavy atom. The Balaban J connectivity index is 2.09. The van der Waals surface area contributed by atoms with E-state index in [2.05, 4.69) is 11.9 Å². The van der Waals surface area contributed by atoms with Gasteiger partial charge in [-0.2, -0.15) is 0 Å². The summed E-state index contributed by atoms with van der Waals surface area (Å²) >= 11 is 0. The fraction of sp³-hybridized carbons (Fsp3) is 0.750. The van der Waals surface area contributed by atoms with Gasteiger partial charge < -0.3 is 9.80 Å². The smallest absolute Gasteiger partial charge is 0.226 e. The van der Waals surface area contributed by atoms with E-state index in [1.807, 2.05) is 35.9 Å². The van der Waals surface area contributed by atoms with Crippen LogP contribution >= 0.6 is 0 Å². The number of carbonyl (C=O) groups is 2. The Morgan fingerprint density at radius 3 is 2.71 bits per heavy atom. The number of hydrogen-bond acceptors (Lipinski definition) is 3. The van der Waals surface area contributed by atoms with Gasteiger partial charge in [0, 0.05) is 51.6 Å². The number of likely N-dealkylation sites (tertiary alicyclic amines) is 1. The molecule has 2 saturated heterocycles. The Bertz CT molecular complexity index is 435. The second-order valence-corrected chi connectivity index (χ2v) is 6.30. The Labute approximate surface area is 127 Å². The molecular weight excluding hydrogens is 266 g/mol. The van der Waals surface area contributed by atoms with Gasteiger partial charge in [0.15, 0.2) is 0 Å². The van der Waals surface area contributed by atoms with Gasteiger partial charge in [-0.05, 0) is 26.8 Å². The molecule has 0 bridgehead atoms. The summed E-state index contributed by atoms with van der Waals surface area (Å²) in [4.78, 5) is 30.4. The third-order valence-corrected chi connectivity index (χ3v) is 5.02. The zero-order chi connectivity index (χ0) is 15.5. The van der Waals surface area contributed by atoms with Crippen LogP contribution in [0.2, 0.25) is 0 Å². The molecule has 5 heteroatoms. The molecule has 0 saturated carbocycles. The van der Waals surface area contributed by atoms with Gasteiger partial charge in [0.2, 0.25) is 11.8 Å². The number of carbonyl (C=O) groups excluding carboxylic acids is 2. The lowest BCUT2D eigenvalue weighted by atomic mass is 9.86. The van der Waals surface area contributed by atoms with Crippen molar-refractivity contribution in [2.24, 2.45) is 0 Å². The Hall–Kier alpha value is -1.36. The van der Waals surface area contributed by atoms with E-state index in [0.29, 0.717) is 12.8 Å². The topological polar surface area (TPSA) is 43.9 Å². The largest absolute Gasteiger partial charge is 0.346 e. The lowest BCUT2D eigenvalue weighted by molar-refractivity contribution is -0.136. The molecule has 5 nitrogen and oxygen atoms in total. The molecule has 1 atom stereocenters. The molecule has 0 aromatic carbocycles. The van der Waals surface area contributed by atoms with Crippen molar-refractivity contribution in [1.29, 1.82) is 0 Å². The molecule has 2 aliphatic rings. The third kappa shape index (κ3) is 3.46. The number of allylic oxidation sites excluding steroid dienone is 1. The number of rotatable bonds is 2. The minimum Gasteiger partial charge on any atom is -0.346 e. The fourth-order valence-electron chi connectivity index (χ4n) is 3.32. The van der Waals surface area contributed by atoms with Crippen molar-refractivity contribution in [1.82, 2.24) is 14.7 Å². The summed E-state index contributed by atoms with van der Waals surface area (Å²) in [6.45, 7) is 5.14. The summed E-state index contributed by atoms with van der Waals surface area (Å²) in [5, 5.41) is 0. The van der Waals surface area contributed by atoms with Gasteiger partial charge >= 0.3 is 0 Å². The van der Waals surface area contributed by atoms with Gasteiger partial charge in [-0.25, -0.2) is 0 Å². The van der Waals surface area contributed by atoms with E-state index in [4.69, 9.17) is 0 Å². The van der Waals surface area contributed by atoms with Crippen molar-refractivity contribution >= 4 is 11.8 Å². The average molecular weight is 293 g/mol. The second-order valence-electron chi connectivity index (χ2n) is 6.30. The molecule has 118 valence electrons. The van der Waals surface area contributed by atoms with Crippen LogP contribution in [0, 0.1) is 0 Å². The van der Waals surface area contributed by atoms with Crippen molar-refractivity contribution in [2.75, 3.05) is 40.3 Å². The first-order valence-corrected chi connectivity index (χ1v) is 7.83. The summed E-state index contributed by atoms with van der Waals surface area (Å²) in [7, 11) is 4.00. The molecule has 1 spiro atoms. The lowest BCUT2D eigenvalue weighted by Gasteiger charge is -2.49. The van der Waals surface area contributed by atoms with Crippen LogP contribution in [0.15, 0.2) is 12.2 Å². The van der Waals surface area contributed by atoms with Crippen molar-refractivity contribution in [3.8, 4) is 0 Å². The number of likely N-dealkylation sites (N-methyl/N-ethyl adjacent to an activating group) is 1. The third-order valence-electron chi connectivity index (χ3n) is 5.02. The highest BCUT2D eigenvalue weighted by Gasteiger charge is 2.42. The summed E-state index contributed by atoms with van der Waals surface area (Å²) in [5.41, 5.74) is -0.0374. The van der Waals surface area contributed by atoms with Gasteiger partial charge in [0.1, 0.15) is 0 Å². The standard InChI is InChI=1S/C16H27N3O2/c1-4-5-6-15(21)19-12-11-18(3)16(13-19)8-7-14(20)17(2)10-9-16/h4-5H,6-13H2,1-3H3. The molecule has 2 heterocycles. The Morgan fingerprint density at radius 1 is 1.24 bits per heavy atom. The van der Waals surface area contributed by atoms with Gasteiger partial charge in [-0.15, -0.1) is 0 Å². The number of amides is 2. The number of hydrogen-bond donors (Lipinski definition) is 0. The predicted molar refractivity (Wildman–Crippen MR) is 82.9 cm³/mol. The number of piperazine rings is 1. The summed E-state index contributed by atoms with van der Waals surface area (Å²) in [6, 6.07) is 0. The van der Waals surface area contributed by atoms with Crippen LogP contribution < -0.4 is 0 Å². The maximum absolute atomic E-state index is 12.3. The summed E-state index contributed by atoms with van der Waals surface area (Å²) in [5.74, 6) is 0.419. The molecule has 0 aromatic rings. The van der Waals surface area contributed by atoms with Crippen LogP contribution in [0.1, 0.15) is 32.6 Å². The molecule has 2 rings (SSSR count). The number of nitrogens with zero attached hydrogens (tertiary/aromatic N) is 3. The molecule has 1 unspecified atom stereocenters. The van der Waals surface area contributed by atoms with Crippen LogP contribution in [0.4, 0.5) is 0 Å². The maximum Gasteiger partial charge on any atom is 0.226 e. The molecule has 0 aliphatic carbocycles. The normalized spacial score (nSPS) is 28.4. The van der Waals surface area contributed by atoms with Crippen molar-refractivity contribution in [3.05, 3.63) is 12.2 Å². The fourth-order valence-corrected chi connectivity index (χ4v) is 3.32. The average Bonchev–Trinajstić information content (AvgIpc) is 2.62. The van der Waals surface area contributed by atoms with E-state index in [1.54, 1.807) is 0 Å². The van der Waals surface area contributed by atoms with Crippen molar-refractivity contribution in [3.63, 3.8) is 0 Å². The first-order valence-electron chi connectivity index (χ1n) is 7.83. The summed E-state index contributed by atoms with van der Waals surface area (Å²) in [6.07, 6.45) is 6.69. The lowest BCUT2D eigenvalue weighted by Crippen LogP contribution is -2.62. The highest BCUT2D eigenvalue weighted by atomic mass is 16.2. The Kier molecular flexibility index (Phi) is 5.04. The molecule has 2 aliphatic heterocycles. The van der Waals surface area contributed by atoms with Crippen molar-refractivity contribution < 1.29 is 9.59 Å². The molecule has 2 amide bonds. The first-order chi connectivity index (χ1) is 9.98. The highest BCUT2D eigenvalue weighted by molar-refractivity contribution is 5.78. The van der Waals surface area contributed by atoms with Crippen LogP contribution in [0.3, 0.4) is 0 Å².